The van der Waals surface area contributed by atoms with Gasteiger partial charge in [-0.1, -0.05) is 32.0 Å². The lowest BCUT2D eigenvalue weighted by molar-refractivity contribution is -0.384. The molecule has 1 aliphatic rings. The highest BCUT2D eigenvalue weighted by molar-refractivity contribution is 5.81. The molecule has 2 heterocycles. The number of amides is 1. The number of rotatable bonds is 10. The molecule has 36 heavy (non-hydrogen) atoms. The van der Waals surface area contributed by atoms with E-state index >= 15 is 0 Å². The smallest absolute Gasteiger partial charge is 0.269 e. The molecule has 9 heteroatoms. The second-order valence-corrected chi connectivity index (χ2v) is 9.50. The zero-order chi connectivity index (χ0) is 25.5. The number of carbonyl (C=O) groups excluding carboxylic acids is 1. The van der Waals surface area contributed by atoms with Gasteiger partial charge in [-0.25, -0.2) is 4.68 Å². The number of carbonyl (C=O) groups is 1. The maximum atomic E-state index is 13.1. The second kappa shape index (κ2) is 11.9. The van der Waals surface area contributed by atoms with E-state index in [2.05, 4.69) is 24.1 Å². The predicted octanol–water partition coefficient (Wildman–Crippen LogP) is 3.85. The number of nitrogens with one attached hydrogen (secondary N) is 1. The summed E-state index contributed by atoms with van der Waals surface area (Å²) in [6.45, 7) is 8.17. The molecular weight excluding hydrogens is 458 g/mol. The minimum atomic E-state index is -0.428. The van der Waals surface area contributed by atoms with Crippen molar-refractivity contribution in [2.45, 2.75) is 32.7 Å². The van der Waals surface area contributed by atoms with E-state index in [1.807, 2.05) is 36.5 Å². The van der Waals surface area contributed by atoms with Gasteiger partial charge in [0, 0.05) is 55.1 Å². The highest BCUT2D eigenvalue weighted by Crippen LogP contribution is 2.26. The zero-order valence-electron chi connectivity index (χ0n) is 20.8. The predicted molar refractivity (Wildman–Crippen MR) is 138 cm³/mol. The van der Waals surface area contributed by atoms with Gasteiger partial charge in [0.25, 0.3) is 5.69 Å². The first kappa shape index (κ1) is 25.5. The van der Waals surface area contributed by atoms with Crippen LogP contribution in [0.4, 0.5) is 5.69 Å². The van der Waals surface area contributed by atoms with Gasteiger partial charge >= 0.3 is 0 Å². The number of nitro groups is 1. The number of non-ortho nitro benzene ring substituents is 1. The first-order chi connectivity index (χ1) is 17.4. The summed E-state index contributed by atoms with van der Waals surface area (Å²) < 4.78 is 7.24. The first-order valence-corrected chi connectivity index (χ1v) is 12.4. The van der Waals surface area contributed by atoms with Crippen LogP contribution >= 0.6 is 0 Å². The van der Waals surface area contributed by atoms with Crippen LogP contribution in [-0.2, 0) is 16.0 Å². The number of hydrogen-bond donors (Lipinski definition) is 1. The Morgan fingerprint density at radius 1 is 1.11 bits per heavy atom. The van der Waals surface area contributed by atoms with E-state index < -0.39 is 4.92 Å². The largest absolute Gasteiger partial charge is 0.379 e. The van der Waals surface area contributed by atoms with Crippen molar-refractivity contribution in [1.29, 1.82) is 0 Å². The van der Waals surface area contributed by atoms with Crippen LogP contribution < -0.4 is 5.32 Å². The summed E-state index contributed by atoms with van der Waals surface area (Å²) in [5, 5.41) is 18.9. The second-order valence-electron chi connectivity index (χ2n) is 9.50. The number of nitro benzene ring substituents is 1. The van der Waals surface area contributed by atoms with Gasteiger partial charge in [-0.05, 0) is 36.6 Å². The lowest BCUT2D eigenvalue weighted by atomic mass is 10.0. The molecule has 0 radical (unpaired) electrons. The number of aromatic nitrogens is 2. The molecule has 3 aromatic rings. The molecule has 4 rings (SSSR count). The summed E-state index contributed by atoms with van der Waals surface area (Å²) in [4.78, 5) is 26.1. The average molecular weight is 492 g/mol. The highest BCUT2D eigenvalue weighted by Gasteiger charge is 2.23. The van der Waals surface area contributed by atoms with Gasteiger partial charge in [-0.2, -0.15) is 5.10 Å². The number of benzene rings is 2. The number of ether oxygens (including phenoxy) is 1. The molecule has 1 saturated heterocycles. The fourth-order valence-corrected chi connectivity index (χ4v) is 4.55. The van der Waals surface area contributed by atoms with Gasteiger partial charge in [0.1, 0.15) is 0 Å². The Labute approximate surface area is 211 Å². The molecule has 9 nitrogen and oxygen atoms in total. The van der Waals surface area contributed by atoms with Gasteiger partial charge in [0.2, 0.25) is 5.91 Å². The van der Waals surface area contributed by atoms with Crippen molar-refractivity contribution < 1.29 is 14.5 Å². The molecule has 1 N–H and O–H groups in total. The van der Waals surface area contributed by atoms with E-state index in [-0.39, 0.29) is 24.1 Å². The number of nitrogens with zero attached hydrogens (tertiary/aromatic N) is 4. The molecule has 0 saturated carbocycles. The van der Waals surface area contributed by atoms with Crippen molar-refractivity contribution in [3.8, 4) is 16.9 Å². The van der Waals surface area contributed by atoms with Crippen LogP contribution in [0.15, 0.2) is 60.8 Å². The summed E-state index contributed by atoms with van der Waals surface area (Å²) in [6.07, 6.45) is 3.02. The number of hydrogen-bond acceptors (Lipinski definition) is 6. The van der Waals surface area contributed by atoms with Gasteiger partial charge in [-0.3, -0.25) is 19.8 Å². The van der Waals surface area contributed by atoms with Crippen molar-refractivity contribution >= 4 is 11.6 Å². The van der Waals surface area contributed by atoms with Crippen molar-refractivity contribution in [2.75, 3.05) is 32.8 Å². The first-order valence-electron chi connectivity index (χ1n) is 12.4. The molecule has 0 aliphatic carbocycles. The van der Waals surface area contributed by atoms with E-state index in [1.54, 1.807) is 16.8 Å². The molecule has 2 aromatic carbocycles. The lowest BCUT2D eigenvalue weighted by Crippen LogP contribution is -2.49. The van der Waals surface area contributed by atoms with E-state index in [1.165, 1.54) is 12.1 Å². The summed E-state index contributed by atoms with van der Waals surface area (Å²) in [7, 11) is 0. The molecule has 0 unspecified atom stereocenters. The van der Waals surface area contributed by atoms with E-state index in [4.69, 9.17) is 9.84 Å². The van der Waals surface area contributed by atoms with Crippen molar-refractivity contribution in [3.63, 3.8) is 0 Å². The standard InChI is InChI=1S/C27H33N5O4/c1-20(2)16-25(30-12-14-36-15-13-30)18-28-26(33)17-22-19-31(23-6-4-3-5-7-23)29-27(22)21-8-10-24(11-9-21)32(34)35/h3-11,19-20,25H,12-18H2,1-2H3,(H,28,33)/t25-/m1/s1. The molecule has 1 atom stereocenters. The maximum Gasteiger partial charge on any atom is 0.269 e. The Morgan fingerprint density at radius 2 is 1.81 bits per heavy atom. The topological polar surface area (TPSA) is 103 Å². The molecule has 0 spiro atoms. The zero-order valence-corrected chi connectivity index (χ0v) is 20.8. The SMILES string of the molecule is CC(C)C[C@H](CNC(=O)Cc1cn(-c2ccccc2)nc1-c1ccc([N+](=O)[O-])cc1)N1CCOCC1. The Bertz CT molecular complexity index is 1150. The summed E-state index contributed by atoms with van der Waals surface area (Å²) in [5.41, 5.74) is 3.01. The van der Waals surface area contributed by atoms with E-state index in [0.29, 0.717) is 18.2 Å². The minimum absolute atomic E-state index is 0.0137. The monoisotopic (exact) mass is 491 g/mol. The summed E-state index contributed by atoms with van der Waals surface area (Å²) >= 11 is 0. The summed E-state index contributed by atoms with van der Waals surface area (Å²) in [6, 6.07) is 16.2. The van der Waals surface area contributed by atoms with Crippen molar-refractivity contribution in [3.05, 3.63) is 76.5 Å². The average Bonchev–Trinajstić information content (AvgIpc) is 3.31. The molecule has 1 aliphatic heterocycles. The van der Waals surface area contributed by atoms with Crippen LogP contribution in [0.3, 0.4) is 0 Å². The van der Waals surface area contributed by atoms with Crippen LogP contribution in [0.2, 0.25) is 0 Å². The van der Waals surface area contributed by atoms with Gasteiger partial charge in [0.15, 0.2) is 0 Å². The van der Waals surface area contributed by atoms with Gasteiger partial charge in [-0.15, -0.1) is 0 Å². The summed E-state index contributed by atoms with van der Waals surface area (Å²) in [5.74, 6) is 0.445. The number of morpholine rings is 1. The van der Waals surface area contributed by atoms with Crippen molar-refractivity contribution in [1.82, 2.24) is 20.0 Å². The molecule has 0 bridgehead atoms. The lowest BCUT2D eigenvalue weighted by Gasteiger charge is -2.35. The molecular formula is C27H33N5O4. The van der Waals surface area contributed by atoms with Crippen LogP contribution in [0.25, 0.3) is 16.9 Å². The normalized spacial score (nSPS) is 15.1. The Balaban J connectivity index is 1.52. The fourth-order valence-electron chi connectivity index (χ4n) is 4.55. The maximum absolute atomic E-state index is 13.1. The van der Waals surface area contributed by atoms with Crippen LogP contribution in [0.5, 0.6) is 0 Å². The third kappa shape index (κ3) is 6.56. The van der Waals surface area contributed by atoms with Crippen molar-refractivity contribution in [2.24, 2.45) is 5.92 Å². The quantitative estimate of drug-likeness (QED) is 0.341. The molecule has 1 amide bonds. The highest BCUT2D eigenvalue weighted by atomic mass is 16.6. The van der Waals surface area contributed by atoms with Crippen LogP contribution in [-0.4, -0.2) is 64.4 Å². The molecule has 190 valence electrons. The van der Waals surface area contributed by atoms with Gasteiger partial charge < -0.3 is 10.1 Å². The van der Waals surface area contributed by atoms with E-state index in [0.717, 1.165) is 49.5 Å². The number of para-hydroxylation sites is 1. The Hall–Kier alpha value is -3.56. The van der Waals surface area contributed by atoms with Gasteiger partial charge in [0.05, 0.1) is 35.9 Å². The third-order valence-electron chi connectivity index (χ3n) is 6.35. The Kier molecular flexibility index (Phi) is 8.45. The Morgan fingerprint density at radius 3 is 2.44 bits per heavy atom. The molecule has 1 fully saturated rings. The molecule has 1 aromatic heterocycles. The fraction of sp³-hybridized carbons (Fsp3) is 0.407. The van der Waals surface area contributed by atoms with Crippen LogP contribution in [0, 0.1) is 16.0 Å². The third-order valence-corrected chi connectivity index (χ3v) is 6.35. The minimum Gasteiger partial charge on any atom is -0.379 e. The van der Waals surface area contributed by atoms with E-state index in [9.17, 15) is 14.9 Å². The van der Waals surface area contributed by atoms with Crippen LogP contribution in [0.1, 0.15) is 25.8 Å².